The van der Waals surface area contributed by atoms with Crippen LogP contribution in [0.15, 0.2) is 16.7 Å². The molecule has 0 unspecified atom stereocenters. The van der Waals surface area contributed by atoms with Gasteiger partial charge < -0.3 is 10.7 Å². The molecular weight excluding hydrogens is 268 g/mol. The lowest BCUT2D eigenvalue weighted by Crippen LogP contribution is -2.42. The molecule has 1 saturated carbocycles. The highest BCUT2D eigenvalue weighted by atomic mass is 79.9. The van der Waals surface area contributed by atoms with Gasteiger partial charge >= 0.3 is 0 Å². The van der Waals surface area contributed by atoms with Crippen LogP contribution in [0.2, 0.25) is 0 Å². The van der Waals surface area contributed by atoms with Crippen molar-refractivity contribution in [1.29, 1.82) is 0 Å². The first-order valence-electron chi connectivity index (χ1n) is 5.45. The normalized spacial score (nSPS) is 18.6. The third-order valence-corrected chi connectivity index (χ3v) is 3.94. The van der Waals surface area contributed by atoms with Crippen molar-refractivity contribution >= 4 is 27.1 Å². The number of hydrogen-bond acceptors (Lipinski definition) is 3. The molecule has 3 N–H and O–H groups in total. The highest BCUT2D eigenvalue weighted by molar-refractivity contribution is 9.10. The van der Waals surface area contributed by atoms with Crippen molar-refractivity contribution < 1.29 is 0 Å². The number of nitrogens with two attached hydrogens (primary N) is 1. The van der Waals surface area contributed by atoms with Crippen molar-refractivity contribution in [2.75, 3.05) is 6.54 Å². The van der Waals surface area contributed by atoms with E-state index in [2.05, 4.69) is 30.9 Å². The van der Waals surface area contributed by atoms with Gasteiger partial charge in [0, 0.05) is 22.6 Å². The molecule has 1 aliphatic rings. The van der Waals surface area contributed by atoms with E-state index in [1.54, 1.807) is 6.20 Å². The minimum atomic E-state index is 0.0766. The lowest BCUT2D eigenvalue weighted by molar-refractivity contribution is 0.240. The van der Waals surface area contributed by atoms with Crippen LogP contribution in [0.5, 0.6) is 0 Å². The number of pyridine rings is 1. The van der Waals surface area contributed by atoms with Gasteiger partial charge in [0.25, 0.3) is 0 Å². The zero-order valence-corrected chi connectivity index (χ0v) is 10.4. The van der Waals surface area contributed by atoms with Crippen molar-refractivity contribution in [3.63, 3.8) is 0 Å². The van der Waals surface area contributed by atoms with Gasteiger partial charge in [-0.25, -0.2) is 9.97 Å². The molecule has 2 aromatic heterocycles. The molecule has 0 bridgehead atoms. The SMILES string of the molecule is NCC1(c2nc3ncc(Br)cc3[nH]2)CCC1. The van der Waals surface area contributed by atoms with E-state index < -0.39 is 0 Å². The fraction of sp³-hybridized carbons (Fsp3) is 0.455. The standard InChI is InChI=1S/C11H13BrN4/c12-7-4-8-9(14-5-7)16-10(15-8)11(6-13)2-1-3-11/h4-5H,1-3,6,13H2,(H,14,15,16). The second-order valence-corrected chi connectivity index (χ2v) is 5.36. The molecule has 0 spiro atoms. The first-order chi connectivity index (χ1) is 7.73. The predicted octanol–water partition coefficient (Wildman–Crippen LogP) is 2.10. The number of hydrogen-bond donors (Lipinski definition) is 2. The second-order valence-electron chi connectivity index (χ2n) is 4.45. The summed E-state index contributed by atoms with van der Waals surface area (Å²) in [5.74, 6) is 1.00. The van der Waals surface area contributed by atoms with Gasteiger partial charge in [-0.15, -0.1) is 0 Å². The molecule has 5 heteroatoms. The van der Waals surface area contributed by atoms with Crippen molar-refractivity contribution in [2.24, 2.45) is 5.73 Å². The fourth-order valence-electron chi connectivity index (χ4n) is 2.27. The van der Waals surface area contributed by atoms with Crippen LogP contribution >= 0.6 is 15.9 Å². The zero-order valence-electron chi connectivity index (χ0n) is 8.83. The van der Waals surface area contributed by atoms with Crippen LogP contribution < -0.4 is 5.73 Å². The van der Waals surface area contributed by atoms with E-state index in [1.165, 1.54) is 6.42 Å². The second kappa shape index (κ2) is 3.53. The lowest BCUT2D eigenvalue weighted by atomic mass is 9.68. The maximum absolute atomic E-state index is 5.86. The quantitative estimate of drug-likeness (QED) is 0.885. The summed E-state index contributed by atoms with van der Waals surface area (Å²) in [6.07, 6.45) is 5.27. The number of halogens is 1. The molecule has 2 heterocycles. The number of imidazole rings is 1. The summed E-state index contributed by atoms with van der Waals surface area (Å²) in [4.78, 5) is 12.2. The molecule has 0 saturated heterocycles. The number of aromatic amines is 1. The van der Waals surface area contributed by atoms with E-state index in [9.17, 15) is 0 Å². The Kier molecular flexibility index (Phi) is 2.26. The van der Waals surface area contributed by atoms with Crippen LogP contribution in [-0.2, 0) is 5.41 Å². The van der Waals surface area contributed by atoms with E-state index in [1.807, 2.05) is 6.07 Å². The van der Waals surface area contributed by atoms with Gasteiger partial charge in [-0.05, 0) is 34.8 Å². The maximum atomic E-state index is 5.86. The molecule has 2 aromatic rings. The van der Waals surface area contributed by atoms with E-state index in [-0.39, 0.29) is 5.41 Å². The first kappa shape index (κ1) is 10.2. The van der Waals surface area contributed by atoms with Gasteiger partial charge in [-0.3, -0.25) is 0 Å². The van der Waals surface area contributed by atoms with E-state index in [4.69, 9.17) is 5.73 Å². The minimum absolute atomic E-state index is 0.0766. The van der Waals surface area contributed by atoms with Gasteiger partial charge in [0.2, 0.25) is 0 Å². The Morgan fingerprint density at radius 2 is 2.31 bits per heavy atom. The van der Waals surface area contributed by atoms with Crippen molar-refractivity contribution in [1.82, 2.24) is 15.0 Å². The van der Waals surface area contributed by atoms with Crippen LogP contribution in [0.25, 0.3) is 11.2 Å². The Morgan fingerprint density at radius 1 is 1.50 bits per heavy atom. The predicted molar refractivity (Wildman–Crippen MR) is 66.2 cm³/mol. The van der Waals surface area contributed by atoms with Gasteiger partial charge in [0.15, 0.2) is 5.65 Å². The van der Waals surface area contributed by atoms with Crippen LogP contribution in [0.3, 0.4) is 0 Å². The van der Waals surface area contributed by atoms with Gasteiger partial charge in [-0.1, -0.05) is 6.42 Å². The van der Waals surface area contributed by atoms with Crippen molar-refractivity contribution in [3.8, 4) is 0 Å². The molecule has 16 heavy (non-hydrogen) atoms. The number of nitrogens with one attached hydrogen (secondary N) is 1. The van der Waals surface area contributed by atoms with Gasteiger partial charge in [0.05, 0.1) is 5.52 Å². The number of nitrogens with zero attached hydrogens (tertiary/aromatic N) is 2. The van der Waals surface area contributed by atoms with Crippen molar-refractivity contribution in [2.45, 2.75) is 24.7 Å². The molecular formula is C11H13BrN4. The topological polar surface area (TPSA) is 67.6 Å². The smallest absolute Gasteiger partial charge is 0.177 e. The number of H-pyrrole nitrogens is 1. The van der Waals surface area contributed by atoms with E-state index in [0.29, 0.717) is 6.54 Å². The Hall–Kier alpha value is -0.940. The number of rotatable bonds is 2. The Bertz CT molecular complexity index is 524. The van der Waals surface area contributed by atoms with Crippen LogP contribution in [0.4, 0.5) is 0 Å². The number of fused-ring (bicyclic) bond motifs is 1. The molecule has 0 atom stereocenters. The fourth-order valence-corrected chi connectivity index (χ4v) is 2.60. The molecule has 0 radical (unpaired) electrons. The summed E-state index contributed by atoms with van der Waals surface area (Å²) in [5.41, 5.74) is 7.69. The molecule has 0 aromatic carbocycles. The van der Waals surface area contributed by atoms with Crippen LogP contribution in [0.1, 0.15) is 25.1 Å². The zero-order chi connectivity index (χ0) is 11.2. The van der Waals surface area contributed by atoms with Gasteiger partial charge in [-0.2, -0.15) is 0 Å². The summed E-state index contributed by atoms with van der Waals surface area (Å²) >= 11 is 3.41. The average molecular weight is 281 g/mol. The largest absolute Gasteiger partial charge is 0.340 e. The minimum Gasteiger partial charge on any atom is -0.340 e. The lowest BCUT2D eigenvalue weighted by Gasteiger charge is -2.38. The Morgan fingerprint density at radius 3 is 2.94 bits per heavy atom. The highest BCUT2D eigenvalue weighted by Crippen LogP contribution is 2.41. The van der Waals surface area contributed by atoms with Gasteiger partial charge in [0.1, 0.15) is 5.82 Å². The molecule has 1 aliphatic carbocycles. The molecule has 3 rings (SSSR count). The van der Waals surface area contributed by atoms with E-state index in [0.717, 1.165) is 34.3 Å². The third kappa shape index (κ3) is 1.38. The van der Waals surface area contributed by atoms with Crippen LogP contribution in [0, 0.1) is 0 Å². The highest BCUT2D eigenvalue weighted by Gasteiger charge is 2.40. The summed E-state index contributed by atoms with van der Waals surface area (Å²) in [6.45, 7) is 0.661. The summed E-state index contributed by atoms with van der Waals surface area (Å²) in [5, 5.41) is 0. The van der Waals surface area contributed by atoms with E-state index >= 15 is 0 Å². The molecule has 0 aliphatic heterocycles. The summed E-state index contributed by atoms with van der Waals surface area (Å²) in [6, 6.07) is 2.00. The monoisotopic (exact) mass is 280 g/mol. The molecule has 0 amide bonds. The number of aromatic nitrogens is 3. The Balaban J connectivity index is 2.11. The first-order valence-corrected chi connectivity index (χ1v) is 6.25. The molecule has 4 nitrogen and oxygen atoms in total. The summed E-state index contributed by atoms with van der Waals surface area (Å²) < 4.78 is 0.964. The van der Waals surface area contributed by atoms with Crippen LogP contribution in [-0.4, -0.2) is 21.5 Å². The molecule has 84 valence electrons. The maximum Gasteiger partial charge on any atom is 0.177 e. The Labute approximate surface area is 102 Å². The molecule has 1 fully saturated rings. The van der Waals surface area contributed by atoms with Crippen molar-refractivity contribution in [3.05, 3.63) is 22.6 Å². The summed E-state index contributed by atoms with van der Waals surface area (Å²) in [7, 11) is 0. The average Bonchev–Trinajstić information content (AvgIpc) is 2.60. The third-order valence-electron chi connectivity index (χ3n) is 3.51.